The molecule has 2 N–H and O–H groups in total. The van der Waals surface area contributed by atoms with Gasteiger partial charge in [0.25, 0.3) is 0 Å². The fraction of sp³-hybridized carbons (Fsp3) is 0.444. The van der Waals surface area contributed by atoms with Crippen molar-refractivity contribution < 1.29 is 5.11 Å². The van der Waals surface area contributed by atoms with Gasteiger partial charge in [-0.15, -0.1) is 0 Å². The second kappa shape index (κ2) is 4.65. The molecule has 1 aromatic rings. The first-order chi connectivity index (χ1) is 6.27. The number of hydrogen-bond acceptors (Lipinski definition) is 3. The quantitative estimate of drug-likeness (QED) is 0.638. The molecule has 0 bridgehead atoms. The summed E-state index contributed by atoms with van der Waals surface area (Å²) in [6, 6.07) is 3.93. The monoisotopic (exact) mass is 179 g/mol. The molecule has 0 spiro atoms. The van der Waals surface area contributed by atoms with E-state index in [0.29, 0.717) is 18.8 Å². The van der Waals surface area contributed by atoms with Gasteiger partial charge in [0.05, 0.1) is 6.61 Å². The number of hydrogen-bond donors (Lipinski definition) is 2. The van der Waals surface area contributed by atoms with Crippen LogP contribution in [-0.2, 0) is 13.6 Å². The SMILES string of the molecule is Cn1cc(CNCCO)cc1C#N. The molecule has 0 amide bonds. The highest BCUT2D eigenvalue weighted by molar-refractivity contribution is 5.28. The van der Waals surface area contributed by atoms with Gasteiger partial charge >= 0.3 is 0 Å². The highest BCUT2D eigenvalue weighted by atomic mass is 16.3. The van der Waals surface area contributed by atoms with Crippen molar-refractivity contribution in [2.45, 2.75) is 6.54 Å². The number of aryl methyl sites for hydroxylation is 1. The van der Waals surface area contributed by atoms with Crippen molar-refractivity contribution in [2.24, 2.45) is 7.05 Å². The lowest BCUT2D eigenvalue weighted by Crippen LogP contribution is -2.16. The fourth-order valence-electron chi connectivity index (χ4n) is 1.15. The second-order valence-electron chi connectivity index (χ2n) is 2.86. The van der Waals surface area contributed by atoms with Crippen LogP contribution in [0.1, 0.15) is 11.3 Å². The maximum absolute atomic E-state index is 8.67. The van der Waals surface area contributed by atoms with E-state index in [1.807, 2.05) is 19.3 Å². The Labute approximate surface area is 77.4 Å². The molecule has 0 aliphatic rings. The van der Waals surface area contributed by atoms with Crippen LogP contribution in [0.25, 0.3) is 0 Å². The average Bonchev–Trinajstić information content (AvgIpc) is 2.47. The lowest BCUT2D eigenvalue weighted by atomic mass is 10.3. The lowest BCUT2D eigenvalue weighted by Gasteiger charge is -1.98. The topological polar surface area (TPSA) is 61.0 Å². The van der Waals surface area contributed by atoms with E-state index >= 15 is 0 Å². The Morgan fingerprint density at radius 3 is 3.00 bits per heavy atom. The zero-order chi connectivity index (χ0) is 9.68. The van der Waals surface area contributed by atoms with Gasteiger partial charge in [0.15, 0.2) is 0 Å². The summed E-state index contributed by atoms with van der Waals surface area (Å²) in [7, 11) is 1.84. The Bertz CT molecular complexity index is 311. The maximum Gasteiger partial charge on any atom is 0.120 e. The number of aliphatic hydroxyl groups excluding tert-OH is 1. The van der Waals surface area contributed by atoms with Crippen LogP contribution in [-0.4, -0.2) is 22.8 Å². The third kappa shape index (κ3) is 2.58. The van der Waals surface area contributed by atoms with E-state index in [9.17, 15) is 0 Å². The van der Waals surface area contributed by atoms with Crippen molar-refractivity contribution in [2.75, 3.05) is 13.2 Å². The number of nitrogens with one attached hydrogen (secondary N) is 1. The molecular formula is C9H13N3O. The predicted octanol–water partition coefficient (Wildman–Crippen LogP) is -0.0213. The zero-order valence-corrected chi connectivity index (χ0v) is 7.62. The van der Waals surface area contributed by atoms with Crippen LogP contribution < -0.4 is 5.32 Å². The molecule has 0 aromatic carbocycles. The lowest BCUT2D eigenvalue weighted by molar-refractivity contribution is 0.292. The van der Waals surface area contributed by atoms with Crippen molar-refractivity contribution in [3.63, 3.8) is 0 Å². The highest BCUT2D eigenvalue weighted by Crippen LogP contribution is 2.05. The van der Waals surface area contributed by atoms with Crippen LogP contribution in [0.15, 0.2) is 12.3 Å². The van der Waals surface area contributed by atoms with Gasteiger partial charge < -0.3 is 15.0 Å². The molecule has 0 saturated carbocycles. The van der Waals surface area contributed by atoms with Crippen LogP contribution >= 0.6 is 0 Å². The molecule has 0 aliphatic heterocycles. The van der Waals surface area contributed by atoms with E-state index in [2.05, 4.69) is 11.4 Å². The number of rotatable bonds is 4. The third-order valence-electron chi connectivity index (χ3n) is 1.79. The largest absolute Gasteiger partial charge is 0.395 e. The number of aliphatic hydroxyl groups is 1. The van der Waals surface area contributed by atoms with Crippen molar-refractivity contribution >= 4 is 0 Å². The van der Waals surface area contributed by atoms with E-state index in [4.69, 9.17) is 10.4 Å². The van der Waals surface area contributed by atoms with E-state index in [1.54, 1.807) is 4.57 Å². The minimum atomic E-state index is 0.137. The van der Waals surface area contributed by atoms with Gasteiger partial charge in [-0.2, -0.15) is 5.26 Å². The molecule has 13 heavy (non-hydrogen) atoms. The van der Waals surface area contributed by atoms with Crippen LogP contribution in [0.3, 0.4) is 0 Å². The normalized spacial score (nSPS) is 9.92. The van der Waals surface area contributed by atoms with E-state index in [-0.39, 0.29) is 6.61 Å². The molecule has 0 fully saturated rings. The zero-order valence-electron chi connectivity index (χ0n) is 7.62. The summed E-state index contributed by atoms with van der Waals surface area (Å²) in [5.74, 6) is 0. The maximum atomic E-state index is 8.67. The first kappa shape index (κ1) is 9.78. The Morgan fingerprint density at radius 1 is 1.69 bits per heavy atom. The molecule has 0 atom stereocenters. The highest BCUT2D eigenvalue weighted by Gasteiger charge is 2.00. The van der Waals surface area contributed by atoms with Gasteiger partial charge in [-0.25, -0.2) is 0 Å². The van der Waals surface area contributed by atoms with Gasteiger partial charge in [0, 0.05) is 26.3 Å². The molecule has 0 unspecified atom stereocenters. The van der Waals surface area contributed by atoms with Crippen molar-refractivity contribution in [1.82, 2.24) is 9.88 Å². The summed E-state index contributed by atoms with van der Waals surface area (Å²) in [5.41, 5.74) is 1.72. The first-order valence-corrected chi connectivity index (χ1v) is 4.15. The van der Waals surface area contributed by atoms with Crippen LogP contribution in [0, 0.1) is 11.3 Å². The fourth-order valence-corrected chi connectivity index (χ4v) is 1.15. The van der Waals surface area contributed by atoms with Crippen LogP contribution in [0.2, 0.25) is 0 Å². The smallest absolute Gasteiger partial charge is 0.120 e. The second-order valence-corrected chi connectivity index (χ2v) is 2.86. The van der Waals surface area contributed by atoms with Crippen molar-refractivity contribution in [1.29, 1.82) is 5.26 Å². The molecule has 4 heteroatoms. The standard InChI is InChI=1S/C9H13N3O/c1-12-7-8(4-9(12)5-10)6-11-2-3-13/h4,7,11,13H,2-3,6H2,1H3. The molecule has 0 radical (unpaired) electrons. The van der Waals surface area contributed by atoms with E-state index in [0.717, 1.165) is 5.56 Å². The van der Waals surface area contributed by atoms with Crippen LogP contribution in [0.5, 0.6) is 0 Å². The minimum Gasteiger partial charge on any atom is -0.395 e. The first-order valence-electron chi connectivity index (χ1n) is 4.15. The summed E-state index contributed by atoms with van der Waals surface area (Å²) >= 11 is 0. The molecule has 0 saturated heterocycles. The molecule has 4 nitrogen and oxygen atoms in total. The number of aromatic nitrogens is 1. The Morgan fingerprint density at radius 2 is 2.46 bits per heavy atom. The van der Waals surface area contributed by atoms with Crippen molar-refractivity contribution in [3.8, 4) is 6.07 Å². The van der Waals surface area contributed by atoms with Gasteiger partial charge in [-0.3, -0.25) is 0 Å². The van der Waals surface area contributed by atoms with Gasteiger partial charge in [0.2, 0.25) is 0 Å². The number of nitriles is 1. The Hall–Kier alpha value is -1.31. The predicted molar refractivity (Wildman–Crippen MR) is 48.9 cm³/mol. The third-order valence-corrected chi connectivity index (χ3v) is 1.79. The van der Waals surface area contributed by atoms with Gasteiger partial charge in [-0.1, -0.05) is 0 Å². The van der Waals surface area contributed by atoms with Gasteiger partial charge in [0.1, 0.15) is 11.8 Å². The molecule has 1 rings (SSSR count). The summed E-state index contributed by atoms with van der Waals surface area (Å²) in [6.07, 6.45) is 1.91. The van der Waals surface area contributed by atoms with E-state index in [1.165, 1.54) is 0 Å². The van der Waals surface area contributed by atoms with Crippen molar-refractivity contribution in [3.05, 3.63) is 23.5 Å². The molecule has 1 aromatic heterocycles. The average molecular weight is 179 g/mol. The molecule has 70 valence electrons. The summed E-state index contributed by atoms with van der Waals surface area (Å²) in [5, 5.41) is 20.2. The van der Waals surface area contributed by atoms with Gasteiger partial charge in [-0.05, 0) is 11.6 Å². The Kier molecular flexibility index (Phi) is 3.50. The Balaban J connectivity index is 2.54. The molecule has 1 heterocycles. The van der Waals surface area contributed by atoms with Crippen LogP contribution in [0.4, 0.5) is 0 Å². The minimum absolute atomic E-state index is 0.137. The molecular weight excluding hydrogens is 166 g/mol. The number of nitrogens with zero attached hydrogens (tertiary/aromatic N) is 2. The summed E-state index contributed by atoms with van der Waals surface area (Å²) in [6.45, 7) is 1.41. The summed E-state index contributed by atoms with van der Waals surface area (Å²) < 4.78 is 1.79. The van der Waals surface area contributed by atoms with E-state index < -0.39 is 0 Å². The summed E-state index contributed by atoms with van der Waals surface area (Å²) in [4.78, 5) is 0. The molecule has 0 aliphatic carbocycles.